The first-order valence-corrected chi connectivity index (χ1v) is 6.03. The fourth-order valence-electron chi connectivity index (χ4n) is 1.29. The number of rotatable bonds is 5. The molecule has 16 heavy (non-hydrogen) atoms. The first kappa shape index (κ1) is 13.5. The second-order valence-electron chi connectivity index (χ2n) is 4.70. The average molecular weight is 288 g/mol. The van der Waals surface area contributed by atoms with Gasteiger partial charge in [0.05, 0.1) is 0 Å². The molecule has 4 heteroatoms. The van der Waals surface area contributed by atoms with Crippen LogP contribution in [0.1, 0.15) is 19.4 Å². The van der Waals surface area contributed by atoms with Crippen LogP contribution in [0.25, 0.3) is 0 Å². The highest BCUT2D eigenvalue weighted by molar-refractivity contribution is 9.10. The second-order valence-corrected chi connectivity index (χ2v) is 5.61. The maximum atomic E-state index is 9.61. The molecule has 1 aromatic rings. The highest BCUT2D eigenvalue weighted by atomic mass is 79.9. The van der Waals surface area contributed by atoms with Gasteiger partial charge in [-0.2, -0.15) is 0 Å². The number of benzene rings is 1. The Morgan fingerprint density at radius 3 is 2.69 bits per heavy atom. The summed E-state index contributed by atoms with van der Waals surface area (Å²) < 4.78 is 0.948. The number of aliphatic hydroxyl groups is 1. The summed E-state index contributed by atoms with van der Waals surface area (Å²) in [5.74, 6) is 0.289. The molecular formula is C12H18BrNO2. The van der Waals surface area contributed by atoms with Gasteiger partial charge < -0.3 is 15.5 Å². The van der Waals surface area contributed by atoms with Crippen LogP contribution in [0.5, 0.6) is 5.75 Å². The molecule has 0 saturated heterocycles. The Hall–Kier alpha value is -0.580. The van der Waals surface area contributed by atoms with E-state index < -0.39 is 0 Å². The quantitative estimate of drug-likeness (QED) is 0.779. The first-order chi connectivity index (χ1) is 7.44. The zero-order chi connectivity index (χ0) is 12.2. The lowest BCUT2D eigenvalue weighted by molar-refractivity contribution is 0.156. The van der Waals surface area contributed by atoms with E-state index in [0.717, 1.165) is 10.0 Å². The van der Waals surface area contributed by atoms with Crippen molar-refractivity contribution in [2.75, 3.05) is 13.2 Å². The number of hydrogen-bond donors (Lipinski definition) is 3. The number of phenolic OH excluding ortho intramolecular Hbond substituents is 1. The van der Waals surface area contributed by atoms with E-state index in [9.17, 15) is 5.11 Å². The van der Waals surface area contributed by atoms with Gasteiger partial charge in [-0.15, -0.1) is 0 Å². The average Bonchev–Trinajstić information content (AvgIpc) is 2.23. The second kappa shape index (κ2) is 5.66. The van der Waals surface area contributed by atoms with Crippen molar-refractivity contribution in [1.82, 2.24) is 5.32 Å². The van der Waals surface area contributed by atoms with E-state index in [-0.39, 0.29) is 17.8 Å². The molecule has 0 unspecified atom stereocenters. The van der Waals surface area contributed by atoms with Crippen molar-refractivity contribution in [2.45, 2.75) is 20.4 Å². The number of halogens is 1. The summed E-state index contributed by atoms with van der Waals surface area (Å²) >= 11 is 3.36. The van der Waals surface area contributed by atoms with Crippen LogP contribution in [-0.4, -0.2) is 23.4 Å². The molecule has 0 aliphatic heterocycles. The molecule has 0 bridgehead atoms. The van der Waals surface area contributed by atoms with Crippen molar-refractivity contribution in [3.63, 3.8) is 0 Å². The molecule has 3 N–H and O–H groups in total. The van der Waals surface area contributed by atoms with Gasteiger partial charge in [0, 0.05) is 35.1 Å². The van der Waals surface area contributed by atoms with E-state index in [1.54, 1.807) is 12.1 Å². The molecule has 0 aliphatic rings. The fourth-order valence-corrected chi connectivity index (χ4v) is 1.70. The van der Waals surface area contributed by atoms with Crippen molar-refractivity contribution in [2.24, 2.45) is 5.41 Å². The Balaban J connectivity index is 2.52. The molecule has 0 heterocycles. The molecule has 1 aromatic carbocycles. The van der Waals surface area contributed by atoms with E-state index in [1.807, 2.05) is 19.9 Å². The predicted octanol–water partition coefficient (Wildman–Crippen LogP) is 2.26. The van der Waals surface area contributed by atoms with Crippen molar-refractivity contribution in [3.8, 4) is 5.75 Å². The summed E-state index contributed by atoms with van der Waals surface area (Å²) in [7, 11) is 0. The Kier molecular flexibility index (Phi) is 4.77. The summed E-state index contributed by atoms with van der Waals surface area (Å²) in [5.41, 5.74) is 0.713. The smallest absolute Gasteiger partial charge is 0.120 e. The van der Waals surface area contributed by atoms with Gasteiger partial charge in [-0.25, -0.2) is 0 Å². The number of aliphatic hydroxyl groups excluding tert-OH is 1. The van der Waals surface area contributed by atoms with Gasteiger partial charge >= 0.3 is 0 Å². The van der Waals surface area contributed by atoms with Crippen molar-refractivity contribution in [1.29, 1.82) is 0 Å². The molecule has 0 amide bonds. The summed E-state index contributed by atoms with van der Waals surface area (Å²) in [6.45, 7) is 5.41. The normalized spacial score (nSPS) is 11.8. The van der Waals surface area contributed by atoms with Crippen molar-refractivity contribution in [3.05, 3.63) is 28.2 Å². The minimum Gasteiger partial charge on any atom is -0.508 e. The molecule has 3 nitrogen and oxygen atoms in total. The van der Waals surface area contributed by atoms with Crippen LogP contribution < -0.4 is 5.32 Å². The van der Waals surface area contributed by atoms with E-state index in [2.05, 4.69) is 21.2 Å². The SMILES string of the molecule is CC(C)(CO)CNCc1cc(Br)ccc1O. The third-order valence-electron chi connectivity index (χ3n) is 2.39. The van der Waals surface area contributed by atoms with Gasteiger partial charge in [-0.05, 0) is 18.2 Å². The molecule has 1 rings (SSSR count). The Labute approximate surface area is 105 Å². The topological polar surface area (TPSA) is 52.5 Å². The largest absolute Gasteiger partial charge is 0.508 e. The molecule has 0 spiro atoms. The van der Waals surface area contributed by atoms with Gasteiger partial charge in [0.1, 0.15) is 5.75 Å². The summed E-state index contributed by atoms with van der Waals surface area (Å²) in [4.78, 5) is 0. The minimum absolute atomic E-state index is 0.137. The van der Waals surface area contributed by atoms with Crippen LogP contribution in [-0.2, 0) is 6.54 Å². The summed E-state index contributed by atoms with van der Waals surface area (Å²) in [6, 6.07) is 5.35. The predicted molar refractivity (Wildman–Crippen MR) is 68.4 cm³/mol. The van der Waals surface area contributed by atoms with Crippen molar-refractivity contribution < 1.29 is 10.2 Å². The molecule has 0 radical (unpaired) electrons. The van der Waals surface area contributed by atoms with E-state index in [0.29, 0.717) is 13.1 Å². The van der Waals surface area contributed by atoms with Crippen LogP contribution in [0, 0.1) is 5.41 Å². The van der Waals surface area contributed by atoms with Crippen LogP contribution in [0.2, 0.25) is 0 Å². The van der Waals surface area contributed by atoms with Gasteiger partial charge in [0.15, 0.2) is 0 Å². The number of hydrogen-bond acceptors (Lipinski definition) is 3. The number of nitrogens with one attached hydrogen (secondary N) is 1. The zero-order valence-electron chi connectivity index (χ0n) is 9.63. The minimum atomic E-state index is -0.137. The van der Waals surface area contributed by atoms with Crippen LogP contribution in [0.15, 0.2) is 22.7 Å². The van der Waals surface area contributed by atoms with Gasteiger partial charge in [-0.3, -0.25) is 0 Å². The highest BCUT2D eigenvalue weighted by Crippen LogP contribution is 2.22. The third kappa shape index (κ3) is 4.12. The molecule has 0 saturated carbocycles. The van der Waals surface area contributed by atoms with Crippen LogP contribution in [0.4, 0.5) is 0 Å². The molecule has 90 valence electrons. The zero-order valence-corrected chi connectivity index (χ0v) is 11.2. The molecular weight excluding hydrogens is 270 g/mol. The fraction of sp³-hybridized carbons (Fsp3) is 0.500. The Morgan fingerprint density at radius 1 is 1.38 bits per heavy atom. The first-order valence-electron chi connectivity index (χ1n) is 5.23. The Morgan fingerprint density at radius 2 is 2.06 bits per heavy atom. The Bertz CT molecular complexity index is 353. The maximum absolute atomic E-state index is 9.61. The van der Waals surface area contributed by atoms with Crippen molar-refractivity contribution >= 4 is 15.9 Å². The van der Waals surface area contributed by atoms with E-state index in [1.165, 1.54) is 0 Å². The number of phenols is 1. The lowest BCUT2D eigenvalue weighted by atomic mass is 9.95. The van der Waals surface area contributed by atoms with Crippen LogP contribution in [0.3, 0.4) is 0 Å². The van der Waals surface area contributed by atoms with Gasteiger partial charge in [0.2, 0.25) is 0 Å². The summed E-state index contributed by atoms with van der Waals surface area (Å²) in [6.07, 6.45) is 0. The third-order valence-corrected chi connectivity index (χ3v) is 2.88. The van der Waals surface area contributed by atoms with Gasteiger partial charge in [-0.1, -0.05) is 29.8 Å². The highest BCUT2D eigenvalue weighted by Gasteiger charge is 2.15. The van der Waals surface area contributed by atoms with Gasteiger partial charge in [0.25, 0.3) is 0 Å². The molecule has 0 aliphatic carbocycles. The standard InChI is InChI=1S/C12H18BrNO2/c1-12(2,8-15)7-14-6-9-5-10(13)3-4-11(9)16/h3-5,14-16H,6-8H2,1-2H3. The number of aromatic hydroxyl groups is 1. The molecule has 0 atom stereocenters. The lowest BCUT2D eigenvalue weighted by Gasteiger charge is -2.22. The molecule has 0 fully saturated rings. The van der Waals surface area contributed by atoms with E-state index in [4.69, 9.17) is 5.11 Å². The van der Waals surface area contributed by atoms with Crippen LogP contribution >= 0.6 is 15.9 Å². The monoisotopic (exact) mass is 287 g/mol. The summed E-state index contributed by atoms with van der Waals surface area (Å²) in [5, 5.41) is 21.9. The van der Waals surface area contributed by atoms with E-state index >= 15 is 0 Å². The molecule has 0 aromatic heterocycles. The maximum Gasteiger partial charge on any atom is 0.120 e. The lowest BCUT2D eigenvalue weighted by Crippen LogP contribution is -2.31.